The Morgan fingerprint density at radius 3 is 2.64 bits per heavy atom. The molecule has 0 spiro atoms. The van der Waals surface area contributed by atoms with Gasteiger partial charge in [0.15, 0.2) is 16.9 Å². The standard InChI is InChI=1S/C16H16O5S/c1-10-15(7-6-14(11(2)17)16(10)18)21-9-12-4-3-5-13(8-12)22(19)20/h3-8,18H,9H2,1-2H3,(H,19,20). The number of rotatable bonds is 5. The molecule has 0 aliphatic rings. The van der Waals surface area contributed by atoms with Crippen molar-refractivity contribution in [2.24, 2.45) is 0 Å². The number of phenolic OH excluding ortho intramolecular Hbond substituents is 1. The van der Waals surface area contributed by atoms with E-state index in [2.05, 4.69) is 0 Å². The third kappa shape index (κ3) is 3.52. The maximum atomic E-state index is 11.4. The van der Waals surface area contributed by atoms with E-state index in [1.54, 1.807) is 37.3 Å². The van der Waals surface area contributed by atoms with Crippen LogP contribution in [0.3, 0.4) is 0 Å². The van der Waals surface area contributed by atoms with Crippen molar-refractivity contribution in [1.29, 1.82) is 0 Å². The van der Waals surface area contributed by atoms with Crippen LogP contribution >= 0.6 is 0 Å². The van der Waals surface area contributed by atoms with Gasteiger partial charge in [-0.1, -0.05) is 12.1 Å². The lowest BCUT2D eigenvalue weighted by Gasteiger charge is -2.12. The van der Waals surface area contributed by atoms with Gasteiger partial charge < -0.3 is 14.4 Å². The Morgan fingerprint density at radius 2 is 2.00 bits per heavy atom. The minimum atomic E-state index is -2.04. The predicted octanol–water partition coefficient (Wildman–Crippen LogP) is 3.06. The van der Waals surface area contributed by atoms with Crippen molar-refractivity contribution in [2.45, 2.75) is 25.3 Å². The Labute approximate surface area is 130 Å². The van der Waals surface area contributed by atoms with Gasteiger partial charge in [-0.05, 0) is 43.7 Å². The molecule has 0 aliphatic carbocycles. The molecule has 0 radical (unpaired) electrons. The molecular weight excluding hydrogens is 304 g/mol. The van der Waals surface area contributed by atoms with Gasteiger partial charge in [-0.2, -0.15) is 0 Å². The summed E-state index contributed by atoms with van der Waals surface area (Å²) >= 11 is -2.04. The molecule has 0 fully saturated rings. The first-order valence-corrected chi connectivity index (χ1v) is 7.67. The van der Waals surface area contributed by atoms with E-state index in [1.807, 2.05) is 0 Å². The molecule has 116 valence electrons. The highest BCUT2D eigenvalue weighted by atomic mass is 32.2. The number of ether oxygens (including phenoxy) is 1. The van der Waals surface area contributed by atoms with Gasteiger partial charge in [-0.25, -0.2) is 4.21 Å². The summed E-state index contributed by atoms with van der Waals surface area (Å²) in [6.45, 7) is 3.23. The van der Waals surface area contributed by atoms with E-state index in [1.165, 1.54) is 13.0 Å². The van der Waals surface area contributed by atoms with Crippen LogP contribution in [0.15, 0.2) is 41.3 Å². The minimum Gasteiger partial charge on any atom is -0.507 e. The van der Waals surface area contributed by atoms with Gasteiger partial charge in [-0.15, -0.1) is 0 Å². The summed E-state index contributed by atoms with van der Waals surface area (Å²) < 4.78 is 25.7. The molecule has 1 atom stereocenters. The lowest BCUT2D eigenvalue weighted by molar-refractivity contribution is 0.101. The van der Waals surface area contributed by atoms with E-state index < -0.39 is 11.1 Å². The zero-order valence-electron chi connectivity index (χ0n) is 12.2. The largest absolute Gasteiger partial charge is 0.507 e. The fourth-order valence-corrected chi connectivity index (χ4v) is 2.47. The molecule has 5 nitrogen and oxygen atoms in total. The van der Waals surface area contributed by atoms with Crippen molar-refractivity contribution < 1.29 is 23.4 Å². The Kier molecular flexibility index (Phi) is 4.95. The molecule has 2 N–H and O–H groups in total. The van der Waals surface area contributed by atoms with Crippen LogP contribution in [-0.2, 0) is 17.7 Å². The molecule has 0 saturated heterocycles. The average molecular weight is 320 g/mol. The molecule has 6 heteroatoms. The number of carbonyl (C=O) groups excluding carboxylic acids is 1. The van der Waals surface area contributed by atoms with Crippen molar-refractivity contribution in [2.75, 3.05) is 0 Å². The lowest BCUT2D eigenvalue weighted by Crippen LogP contribution is -2.01. The average Bonchev–Trinajstić information content (AvgIpc) is 2.48. The zero-order valence-corrected chi connectivity index (χ0v) is 13.0. The van der Waals surface area contributed by atoms with Gasteiger partial charge in [0, 0.05) is 5.56 Å². The smallest absolute Gasteiger partial charge is 0.186 e. The van der Waals surface area contributed by atoms with Gasteiger partial charge >= 0.3 is 0 Å². The van der Waals surface area contributed by atoms with Crippen molar-refractivity contribution in [1.82, 2.24) is 0 Å². The number of phenols is 1. The second-order valence-electron chi connectivity index (χ2n) is 4.83. The van der Waals surface area contributed by atoms with Gasteiger partial charge in [0.2, 0.25) is 0 Å². The van der Waals surface area contributed by atoms with Crippen LogP contribution in [-0.4, -0.2) is 19.7 Å². The third-order valence-corrected chi connectivity index (χ3v) is 3.91. The molecule has 0 bridgehead atoms. The topological polar surface area (TPSA) is 83.8 Å². The van der Waals surface area contributed by atoms with E-state index >= 15 is 0 Å². The molecule has 0 aliphatic heterocycles. The Hall–Kier alpha value is -2.18. The van der Waals surface area contributed by atoms with Crippen LogP contribution in [0.1, 0.15) is 28.4 Å². The molecule has 0 heterocycles. The van der Waals surface area contributed by atoms with Crippen molar-refractivity contribution in [3.05, 3.63) is 53.1 Å². The van der Waals surface area contributed by atoms with Crippen LogP contribution in [0.4, 0.5) is 0 Å². The number of Topliss-reactive ketones (excluding diaryl/α,β-unsaturated/α-hetero) is 1. The third-order valence-electron chi connectivity index (χ3n) is 3.26. The summed E-state index contributed by atoms with van der Waals surface area (Å²) in [5.74, 6) is 0.151. The number of carbonyl (C=O) groups is 1. The highest BCUT2D eigenvalue weighted by molar-refractivity contribution is 7.79. The maximum Gasteiger partial charge on any atom is 0.186 e. The highest BCUT2D eigenvalue weighted by Crippen LogP contribution is 2.31. The summed E-state index contributed by atoms with van der Waals surface area (Å²) in [6.07, 6.45) is 0. The first-order chi connectivity index (χ1) is 10.4. The second kappa shape index (κ2) is 6.72. The van der Waals surface area contributed by atoms with E-state index in [9.17, 15) is 14.1 Å². The van der Waals surface area contributed by atoms with E-state index in [-0.39, 0.29) is 23.7 Å². The van der Waals surface area contributed by atoms with Crippen LogP contribution in [0.25, 0.3) is 0 Å². The van der Waals surface area contributed by atoms with Gasteiger partial charge in [0.25, 0.3) is 0 Å². The Bertz CT molecular complexity index is 739. The highest BCUT2D eigenvalue weighted by Gasteiger charge is 2.13. The normalized spacial score (nSPS) is 12.0. The second-order valence-corrected chi connectivity index (χ2v) is 5.80. The van der Waals surface area contributed by atoms with Gasteiger partial charge in [0.05, 0.1) is 10.5 Å². The number of hydrogen-bond acceptors (Lipinski definition) is 4. The van der Waals surface area contributed by atoms with Gasteiger partial charge in [0.1, 0.15) is 18.1 Å². The van der Waals surface area contributed by atoms with E-state index in [4.69, 9.17) is 9.29 Å². The van der Waals surface area contributed by atoms with Crippen LogP contribution < -0.4 is 4.74 Å². The maximum absolute atomic E-state index is 11.4. The van der Waals surface area contributed by atoms with Crippen LogP contribution in [0, 0.1) is 6.92 Å². The van der Waals surface area contributed by atoms with Crippen molar-refractivity contribution >= 4 is 16.9 Å². The molecule has 0 saturated carbocycles. The molecule has 2 aromatic rings. The van der Waals surface area contributed by atoms with Crippen LogP contribution in [0.2, 0.25) is 0 Å². The first-order valence-electron chi connectivity index (χ1n) is 6.56. The molecular formula is C16H16O5S. The molecule has 2 aromatic carbocycles. The SMILES string of the molecule is CC(=O)c1ccc(OCc2cccc(S(=O)O)c2)c(C)c1O. The summed E-state index contributed by atoms with van der Waals surface area (Å²) in [6, 6.07) is 9.72. The molecule has 1 unspecified atom stereocenters. The quantitative estimate of drug-likeness (QED) is 0.653. The first kappa shape index (κ1) is 16.2. The summed E-state index contributed by atoms with van der Waals surface area (Å²) in [5, 5.41) is 9.99. The van der Waals surface area contributed by atoms with Crippen molar-refractivity contribution in [3.63, 3.8) is 0 Å². The molecule has 22 heavy (non-hydrogen) atoms. The van der Waals surface area contributed by atoms with E-state index in [0.717, 1.165) is 5.56 Å². The van der Waals surface area contributed by atoms with E-state index in [0.29, 0.717) is 16.2 Å². The molecule has 0 aromatic heterocycles. The fraction of sp³-hybridized carbons (Fsp3) is 0.188. The lowest BCUT2D eigenvalue weighted by atomic mass is 10.1. The summed E-state index contributed by atoms with van der Waals surface area (Å²) in [5.41, 5.74) is 1.46. The number of benzene rings is 2. The number of hydrogen-bond donors (Lipinski definition) is 2. The Balaban J connectivity index is 2.19. The predicted molar refractivity (Wildman–Crippen MR) is 82.7 cm³/mol. The number of aromatic hydroxyl groups is 1. The zero-order chi connectivity index (χ0) is 16.3. The molecule has 0 amide bonds. The molecule has 2 rings (SSSR count). The minimum absolute atomic E-state index is 0.0878. The van der Waals surface area contributed by atoms with Crippen LogP contribution in [0.5, 0.6) is 11.5 Å². The Morgan fingerprint density at radius 1 is 1.27 bits per heavy atom. The fourth-order valence-electron chi connectivity index (χ4n) is 2.03. The number of ketones is 1. The van der Waals surface area contributed by atoms with Crippen molar-refractivity contribution in [3.8, 4) is 11.5 Å². The summed E-state index contributed by atoms with van der Waals surface area (Å²) in [4.78, 5) is 11.7. The summed E-state index contributed by atoms with van der Waals surface area (Å²) in [7, 11) is 0. The monoisotopic (exact) mass is 320 g/mol. The van der Waals surface area contributed by atoms with Gasteiger partial charge in [-0.3, -0.25) is 4.79 Å².